The van der Waals surface area contributed by atoms with Crippen LogP contribution in [-0.4, -0.2) is 35.3 Å². The third kappa shape index (κ3) is 3.15. The summed E-state index contributed by atoms with van der Waals surface area (Å²) in [6, 6.07) is 0.449. The monoisotopic (exact) mass is 223 g/mol. The summed E-state index contributed by atoms with van der Waals surface area (Å²) < 4.78 is 10.5. The van der Waals surface area contributed by atoms with Crippen molar-refractivity contribution in [2.45, 2.75) is 32.5 Å². The van der Waals surface area contributed by atoms with Crippen LogP contribution in [0.1, 0.15) is 19.5 Å². The molecular formula is C11H17N3O2. The van der Waals surface area contributed by atoms with E-state index in [4.69, 9.17) is 9.47 Å². The van der Waals surface area contributed by atoms with Gasteiger partial charge in [-0.3, -0.25) is 4.98 Å². The van der Waals surface area contributed by atoms with Gasteiger partial charge in [-0.1, -0.05) is 13.8 Å². The van der Waals surface area contributed by atoms with E-state index in [1.165, 1.54) is 0 Å². The highest BCUT2D eigenvalue weighted by molar-refractivity contribution is 5.08. The zero-order valence-corrected chi connectivity index (χ0v) is 9.64. The maximum absolute atomic E-state index is 5.51. The third-order valence-electron chi connectivity index (χ3n) is 2.27. The summed E-state index contributed by atoms with van der Waals surface area (Å²) in [5, 5.41) is 3.28. The molecule has 1 saturated heterocycles. The van der Waals surface area contributed by atoms with Crippen LogP contribution >= 0.6 is 0 Å². The normalized spacial score (nSPS) is 16.2. The Morgan fingerprint density at radius 1 is 1.44 bits per heavy atom. The highest BCUT2D eigenvalue weighted by atomic mass is 16.6. The molecule has 0 atom stereocenters. The van der Waals surface area contributed by atoms with Crippen molar-refractivity contribution in [1.29, 1.82) is 0 Å². The molecule has 0 spiro atoms. The van der Waals surface area contributed by atoms with Crippen LogP contribution in [0.15, 0.2) is 12.4 Å². The molecule has 0 aromatic carbocycles. The molecule has 2 rings (SSSR count). The number of rotatable bonds is 5. The minimum Gasteiger partial charge on any atom is -0.468 e. The highest BCUT2D eigenvalue weighted by Gasteiger charge is 2.20. The highest BCUT2D eigenvalue weighted by Crippen LogP contribution is 2.11. The van der Waals surface area contributed by atoms with E-state index in [-0.39, 0.29) is 6.10 Å². The number of hydrogen-bond acceptors (Lipinski definition) is 5. The molecule has 0 amide bonds. The first-order chi connectivity index (χ1) is 7.74. The largest absolute Gasteiger partial charge is 0.468 e. The van der Waals surface area contributed by atoms with Crippen LogP contribution in [-0.2, 0) is 11.3 Å². The molecule has 0 unspecified atom stereocenters. The quantitative estimate of drug-likeness (QED) is 0.798. The van der Waals surface area contributed by atoms with Crippen LogP contribution in [0.5, 0.6) is 5.88 Å². The number of ether oxygens (including phenoxy) is 2. The Morgan fingerprint density at radius 3 is 2.75 bits per heavy atom. The van der Waals surface area contributed by atoms with Gasteiger partial charge in [-0.25, -0.2) is 4.98 Å². The lowest BCUT2D eigenvalue weighted by Gasteiger charge is -2.25. The van der Waals surface area contributed by atoms with Gasteiger partial charge in [0.25, 0.3) is 0 Å². The van der Waals surface area contributed by atoms with E-state index in [0.717, 1.165) is 12.2 Å². The third-order valence-corrected chi connectivity index (χ3v) is 2.27. The van der Waals surface area contributed by atoms with Crippen molar-refractivity contribution < 1.29 is 9.47 Å². The second kappa shape index (κ2) is 5.23. The van der Waals surface area contributed by atoms with Crippen molar-refractivity contribution in [2.75, 3.05) is 13.2 Å². The lowest BCUT2D eigenvalue weighted by Crippen LogP contribution is -2.38. The first-order valence-corrected chi connectivity index (χ1v) is 5.53. The molecule has 88 valence electrons. The Kier molecular flexibility index (Phi) is 3.69. The summed E-state index contributed by atoms with van der Waals surface area (Å²) in [7, 11) is 0. The van der Waals surface area contributed by atoms with Gasteiger partial charge < -0.3 is 14.8 Å². The van der Waals surface area contributed by atoms with Crippen LogP contribution < -0.4 is 10.1 Å². The van der Waals surface area contributed by atoms with E-state index < -0.39 is 0 Å². The van der Waals surface area contributed by atoms with Gasteiger partial charge in [-0.2, -0.15) is 0 Å². The molecular weight excluding hydrogens is 206 g/mol. The van der Waals surface area contributed by atoms with Gasteiger partial charge in [0.05, 0.1) is 31.3 Å². The zero-order valence-electron chi connectivity index (χ0n) is 9.64. The van der Waals surface area contributed by atoms with Crippen molar-refractivity contribution >= 4 is 0 Å². The van der Waals surface area contributed by atoms with Crippen molar-refractivity contribution in [2.24, 2.45) is 0 Å². The summed E-state index contributed by atoms with van der Waals surface area (Å²) in [6.07, 6.45) is 3.55. The van der Waals surface area contributed by atoms with E-state index in [1.807, 2.05) is 0 Å². The smallest absolute Gasteiger partial charge is 0.232 e. The molecule has 1 aromatic heterocycles. The molecule has 0 radical (unpaired) electrons. The fourth-order valence-electron chi connectivity index (χ4n) is 1.26. The number of nitrogens with one attached hydrogen (secondary N) is 1. The van der Waals surface area contributed by atoms with Gasteiger partial charge in [-0.15, -0.1) is 0 Å². The van der Waals surface area contributed by atoms with Crippen LogP contribution in [0, 0.1) is 0 Å². The Hall–Kier alpha value is -1.20. The molecule has 5 heteroatoms. The van der Waals surface area contributed by atoms with Crippen molar-refractivity contribution in [3.63, 3.8) is 0 Å². The minimum absolute atomic E-state index is 0.147. The van der Waals surface area contributed by atoms with Gasteiger partial charge in [-0.05, 0) is 0 Å². The molecule has 1 aromatic rings. The fourth-order valence-corrected chi connectivity index (χ4v) is 1.26. The van der Waals surface area contributed by atoms with Gasteiger partial charge in [0.1, 0.15) is 6.10 Å². The number of hydrogen-bond donors (Lipinski definition) is 1. The Morgan fingerprint density at radius 2 is 2.25 bits per heavy atom. The van der Waals surface area contributed by atoms with E-state index in [1.54, 1.807) is 12.4 Å². The summed E-state index contributed by atoms with van der Waals surface area (Å²) in [4.78, 5) is 8.47. The van der Waals surface area contributed by atoms with Crippen LogP contribution in [0.4, 0.5) is 0 Å². The lowest BCUT2D eigenvalue weighted by molar-refractivity contribution is -0.0814. The maximum Gasteiger partial charge on any atom is 0.232 e. The molecule has 16 heavy (non-hydrogen) atoms. The molecule has 0 bridgehead atoms. The van der Waals surface area contributed by atoms with Crippen LogP contribution in [0.2, 0.25) is 0 Å². The van der Waals surface area contributed by atoms with Crippen LogP contribution in [0.3, 0.4) is 0 Å². The second-order valence-corrected chi connectivity index (χ2v) is 4.16. The molecule has 1 N–H and O–H groups in total. The predicted molar refractivity (Wildman–Crippen MR) is 59.2 cm³/mol. The van der Waals surface area contributed by atoms with Crippen molar-refractivity contribution in [3.8, 4) is 5.88 Å². The predicted octanol–water partition coefficient (Wildman–Crippen LogP) is 0.752. The van der Waals surface area contributed by atoms with Gasteiger partial charge in [0, 0.05) is 12.6 Å². The maximum atomic E-state index is 5.51. The first kappa shape index (κ1) is 11.3. The molecule has 0 aliphatic carbocycles. The van der Waals surface area contributed by atoms with Crippen molar-refractivity contribution in [1.82, 2.24) is 15.3 Å². The van der Waals surface area contributed by atoms with Gasteiger partial charge >= 0.3 is 0 Å². The Labute approximate surface area is 95.2 Å². The molecule has 1 fully saturated rings. The zero-order chi connectivity index (χ0) is 11.4. The summed E-state index contributed by atoms with van der Waals surface area (Å²) in [5.41, 5.74) is 0.922. The standard InChI is InChI=1S/C11H17N3O2/c1-8(2)12-3-9-4-14-11(5-13-9)16-10-6-15-7-10/h4-5,8,10,12H,3,6-7H2,1-2H3. The average molecular weight is 223 g/mol. The second-order valence-electron chi connectivity index (χ2n) is 4.16. The van der Waals surface area contributed by atoms with Crippen molar-refractivity contribution in [3.05, 3.63) is 18.1 Å². The summed E-state index contributed by atoms with van der Waals surface area (Å²) in [5.74, 6) is 0.571. The van der Waals surface area contributed by atoms with Crippen LogP contribution in [0.25, 0.3) is 0 Å². The van der Waals surface area contributed by atoms with E-state index in [0.29, 0.717) is 25.1 Å². The minimum atomic E-state index is 0.147. The Bertz CT molecular complexity index is 323. The topological polar surface area (TPSA) is 56.3 Å². The SMILES string of the molecule is CC(C)NCc1cnc(OC2COC2)cn1. The lowest BCUT2D eigenvalue weighted by atomic mass is 10.3. The molecule has 1 aliphatic heterocycles. The first-order valence-electron chi connectivity index (χ1n) is 5.53. The van der Waals surface area contributed by atoms with E-state index in [9.17, 15) is 0 Å². The fraction of sp³-hybridized carbons (Fsp3) is 0.636. The van der Waals surface area contributed by atoms with Gasteiger partial charge in [0.2, 0.25) is 5.88 Å². The molecule has 0 saturated carbocycles. The Balaban J connectivity index is 1.83. The average Bonchev–Trinajstić information content (AvgIpc) is 2.22. The molecule has 1 aliphatic rings. The molecule has 5 nitrogen and oxygen atoms in total. The summed E-state index contributed by atoms with van der Waals surface area (Å²) >= 11 is 0. The number of nitrogens with zero attached hydrogens (tertiary/aromatic N) is 2. The van der Waals surface area contributed by atoms with E-state index >= 15 is 0 Å². The summed E-state index contributed by atoms with van der Waals surface area (Å²) in [6.45, 7) is 6.23. The van der Waals surface area contributed by atoms with E-state index in [2.05, 4.69) is 29.1 Å². The van der Waals surface area contributed by atoms with Gasteiger partial charge in [0.15, 0.2) is 0 Å². The molecule has 2 heterocycles. The number of aromatic nitrogens is 2.